The minimum Gasteiger partial charge on any atom is -0.497 e. The van der Waals surface area contributed by atoms with Gasteiger partial charge in [-0.15, -0.1) is 16.4 Å². The van der Waals surface area contributed by atoms with Crippen LogP contribution in [0.4, 0.5) is 4.39 Å². The van der Waals surface area contributed by atoms with Crippen molar-refractivity contribution < 1.29 is 23.4 Å². The third kappa shape index (κ3) is 6.59. The molecule has 0 aliphatic heterocycles. The average Bonchev–Trinajstić information content (AvgIpc) is 3.61. The van der Waals surface area contributed by atoms with Crippen LogP contribution in [0.1, 0.15) is 53.8 Å². The lowest BCUT2D eigenvalue weighted by Gasteiger charge is -2.32. The topological polar surface area (TPSA) is 75.5 Å². The summed E-state index contributed by atoms with van der Waals surface area (Å²) < 4.78 is 35.3. The van der Waals surface area contributed by atoms with E-state index in [0.29, 0.717) is 28.6 Å². The van der Waals surface area contributed by atoms with E-state index in [1.807, 2.05) is 67.6 Å². The molecule has 0 aliphatic rings. The zero-order valence-corrected chi connectivity index (χ0v) is 26.0. The van der Waals surface area contributed by atoms with E-state index in [4.69, 9.17) is 25.8 Å². The first-order valence-electron chi connectivity index (χ1n) is 13.9. The molecule has 3 aromatic carbocycles. The van der Waals surface area contributed by atoms with Crippen molar-refractivity contribution in [3.63, 3.8) is 0 Å². The van der Waals surface area contributed by atoms with Crippen LogP contribution >= 0.6 is 22.9 Å². The number of aryl methyl sites for hydroxylation is 1. The number of aromatic nitrogens is 3. The Morgan fingerprint density at radius 1 is 1.02 bits per heavy atom. The van der Waals surface area contributed by atoms with Crippen LogP contribution in [0.15, 0.2) is 72.8 Å². The van der Waals surface area contributed by atoms with Gasteiger partial charge >= 0.3 is 5.97 Å². The summed E-state index contributed by atoms with van der Waals surface area (Å²) in [6, 6.07) is 22.5. The second-order valence-electron chi connectivity index (χ2n) is 10.7. The van der Waals surface area contributed by atoms with Gasteiger partial charge in [0.1, 0.15) is 17.9 Å². The Morgan fingerprint density at radius 3 is 2.44 bits per heavy atom. The molecule has 0 radical (unpaired) electrons. The maximum atomic E-state index is 16.2. The van der Waals surface area contributed by atoms with Gasteiger partial charge in [-0.1, -0.05) is 65.3 Å². The fourth-order valence-electron chi connectivity index (χ4n) is 5.07. The number of nitrogens with zero attached hydrogens (tertiary/aromatic N) is 3. The quantitative estimate of drug-likeness (QED) is 0.132. The van der Waals surface area contributed by atoms with Gasteiger partial charge in [0.05, 0.1) is 35.6 Å². The molecule has 0 N–H and O–H groups in total. The van der Waals surface area contributed by atoms with Crippen molar-refractivity contribution in [3.8, 4) is 5.75 Å². The van der Waals surface area contributed by atoms with E-state index < -0.39 is 23.1 Å². The summed E-state index contributed by atoms with van der Waals surface area (Å²) in [5.74, 6) is -0.925. The average molecular weight is 622 g/mol. The number of ether oxygens (including phenoxy) is 3. The molecule has 0 amide bonds. The lowest BCUT2D eigenvalue weighted by Crippen LogP contribution is -2.34. The van der Waals surface area contributed by atoms with E-state index in [0.717, 1.165) is 27.3 Å². The van der Waals surface area contributed by atoms with Gasteiger partial charge in [-0.2, -0.15) is 0 Å². The molecule has 2 aromatic heterocycles. The molecule has 0 aliphatic carbocycles. The SMILES string of the molecule is CCn1nnc2c(F)c([C@H](c3cc(COCc4ccc(OC)cc4)c(Cl)s3)C(C)(C)C(=O)OCc3ccccc3)ccc21. The summed E-state index contributed by atoms with van der Waals surface area (Å²) in [6.45, 7) is 6.74. The summed E-state index contributed by atoms with van der Waals surface area (Å²) >= 11 is 8.02. The Bertz CT molecular complexity index is 1700. The molecule has 5 rings (SSSR count). The zero-order chi connectivity index (χ0) is 30.6. The summed E-state index contributed by atoms with van der Waals surface area (Å²) in [4.78, 5) is 14.4. The number of esters is 1. The van der Waals surface area contributed by atoms with E-state index in [1.54, 1.807) is 37.8 Å². The van der Waals surface area contributed by atoms with Gasteiger partial charge in [0.25, 0.3) is 0 Å². The van der Waals surface area contributed by atoms with Crippen LogP contribution in [0.3, 0.4) is 0 Å². The number of hydrogen-bond donors (Lipinski definition) is 0. The molecule has 0 saturated carbocycles. The molecule has 0 bridgehead atoms. The van der Waals surface area contributed by atoms with Gasteiger partial charge in [-0.3, -0.25) is 4.79 Å². The van der Waals surface area contributed by atoms with Crippen molar-refractivity contribution in [1.29, 1.82) is 0 Å². The monoisotopic (exact) mass is 621 g/mol. The Labute approximate surface area is 259 Å². The molecular formula is C33H33ClFN3O4S. The van der Waals surface area contributed by atoms with E-state index in [9.17, 15) is 4.79 Å². The normalized spacial score (nSPS) is 12.4. The van der Waals surface area contributed by atoms with E-state index in [-0.39, 0.29) is 18.7 Å². The van der Waals surface area contributed by atoms with Crippen LogP contribution in [0, 0.1) is 11.2 Å². The number of rotatable bonds is 12. The molecule has 43 heavy (non-hydrogen) atoms. The van der Waals surface area contributed by atoms with Crippen molar-refractivity contribution in [2.24, 2.45) is 5.41 Å². The van der Waals surface area contributed by atoms with Crippen LogP contribution in [0.2, 0.25) is 4.34 Å². The number of carbonyl (C=O) groups excluding carboxylic acids is 1. The van der Waals surface area contributed by atoms with Crippen molar-refractivity contribution in [2.45, 2.75) is 53.1 Å². The minimum absolute atomic E-state index is 0.109. The molecule has 0 saturated heterocycles. The minimum atomic E-state index is -1.17. The van der Waals surface area contributed by atoms with Crippen molar-refractivity contribution in [2.75, 3.05) is 7.11 Å². The molecule has 7 nitrogen and oxygen atoms in total. The lowest BCUT2D eigenvalue weighted by molar-refractivity contribution is -0.156. The number of halogens is 2. The second-order valence-corrected chi connectivity index (χ2v) is 12.4. The van der Waals surface area contributed by atoms with Gasteiger partial charge in [0.2, 0.25) is 0 Å². The standard InChI is InChI=1S/C33H33ClFN3O4S/c1-5-38-26-16-15-25(29(35)30(26)36-37-38)28(33(2,3)32(39)42-19-21-9-7-6-8-10-21)27-17-23(31(34)43-27)20-41-18-22-11-13-24(40-4)14-12-22/h6-17,28H,5,18-20H2,1-4H3/t28-/m1/s1. The van der Waals surface area contributed by atoms with Crippen LogP contribution in [0.5, 0.6) is 5.75 Å². The zero-order valence-electron chi connectivity index (χ0n) is 24.5. The van der Waals surface area contributed by atoms with E-state index in [1.165, 1.54) is 11.3 Å². The summed E-state index contributed by atoms with van der Waals surface area (Å²) in [7, 11) is 1.62. The van der Waals surface area contributed by atoms with Crippen LogP contribution < -0.4 is 4.74 Å². The number of hydrogen-bond acceptors (Lipinski definition) is 7. The first-order valence-corrected chi connectivity index (χ1v) is 15.1. The van der Waals surface area contributed by atoms with Gasteiger partial charge in [0.15, 0.2) is 5.82 Å². The smallest absolute Gasteiger partial charge is 0.312 e. The van der Waals surface area contributed by atoms with Crippen molar-refractivity contribution in [3.05, 3.63) is 110 Å². The van der Waals surface area contributed by atoms with Gasteiger partial charge in [0, 0.05) is 22.9 Å². The molecule has 0 spiro atoms. The first kappa shape index (κ1) is 30.7. The van der Waals surface area contributed by atoms with Crippen molar-refractivity contribution in [1.82, 2.24) is 15.0 Å². The number of carbonyl (C=O) groups is 1. The highest BCUT2D eigenvalue weighted by atomic mass is 35.5. The fourth-order valence-corrected chi connectivity index (χ4v) is 6.64. The summed E-state index contributed by atoms with van der Waals surface area (Å²) in [5, 5.41) is 8.19. The third-order valence-electron chi connectivity index (χ3n) is 7.47. The number of benzene rings is 3. The predicted octanol–water partition coefficient (Wildman–Crippen LogP) is 7.93. The van der Waals surface area contributed by atoms with Gasteiger partial charge in [-0.05, 0) is 61.7 Å². The van der Waals surface area contributed by atoms with Gasteiger partial charge < -0.3 is 14.2 Å². The predicted molar refractivity (Wildman–Crippen MR) is 166 cm³/mol. The molecule has 1 atom stereocenters. The summed E-state index contributed by atoms with van der Waals surface area (Å²) in [5.41, 5.74) is 2.50. The first-order chi connectivity index (χ1) is 20.7. The Morgan fingerprint density at radius 2 is 1.74 bits per heavy atom. The molecule has 0 unspecified atom stereocenters. The van der Waals surface area contributed by atoms with Crippen molar-refractivity contribution >= 4 is 39.9 Å². The van der Waals surface area contributed by atoms with E-state index >= 15 is 4.39 Å². The molecule has 5 aromatic rings. The Kier molecular flexibility index (Phi) is 9.44. The number of thiophene rings is 1. The highest BCUT2D eigenvalue weighted by Crippen LogP contribution is 2.48. The number of fused-ring (bicyclic) bond motifs is 1. The molecular weight excluding hydrogens is 589 g/mol. The van der Waals surface area contributed by atoms with Crippen LogP contribution in [-0.2, 0) is 40.6 Å². The molecule has 0 fully saturated rings. The number of methoxy groups -OCH3 is 1. The maximum absolute atomic E-state index is 16.2. The highest BCUT2D eigenvalue weighted by molar-refractivity contribution is 7.16. The van der Waals surface area contributed by atoms with Crippen LogP contribution in [-0.4, -0.2) is 28.1 Å². The Balaban J connectivity index is 1.46. The van der Waals surface area contributed by atoms with Crippen LogP contribution in [0.25, 0.3) is 11.0 Å². The summed E-state index contributed by atoms with van der Waals surface area (Å²) in [6.07, 6.45) is 0. The largest absolute Gasteiger partial charge is 0.497 e. The Hall–Kier alpha value is -3.79. The second kappa shape index (κ2) is 13.2. The molecule has 10 heteroatoms. The van der Waals surface area contributed by atoms with E-state index in [2.05, 4.69) is 10.3 Å². The fraction of sp³-hybridized carbons (Fsp3) is 0.303. The molecule has 224 valence electrons. The van der Waals surface area contributed by atoms with Gasteiger partial charge in [-0.25, -0.2) is 9.07 Å². The molecule has 2 heterocycles. The lowest BCUT2D eigenvalue weighted by atomic mass is 9.73. The third-order valence-corrected chi connectivity index (χ3v) is 8.98. The highest BCUT2D eigenvalue weighted by Gasteiger charge is 2.43. The maximum Gasteiger partial charge on any atom is 0.312 e.